The van der Waals surface area contributed by atoms with Crippen molar-refractivity contribution in [3.63, 3.8) is 0 Å². The van der Waals surface area contributed by atoms with Crippen LogP contribution in [0.2, 0.25) is 0 Å². The molecule has 0 radical (unpaired) electrons. The van der Waals surface area contributed by atoms with Gasteiger partial charge in [-0.25, -0.2) is 0 Å². The van der Waals surface area contributed by atoms with Crippen molar-refractivity contribution in [1.29, 1.82) is 0 Å². The van der Waals surface area contributed by atoms with Crippen molar-refractivity contribution in [1.82, 2.24) is 0 Å². The molecule has 0 saturated carbocycles. The number of hydrogen-bond acceptors (Lipinski definition) is 8. The zero-order chi connectivity index (χ0) is 64.7. The van der Waals surface area contributed by atoms with Crippen LogP contribution in [0.25, 0.3) is 0 Å². The first-order valence-electron chi connectivity index (χ1n) is 36.7. The number of carboxylic acid groups (broad SMARTS) is 1. The van der Waals surface area contributed by atoms with Crippen LogP contribution in [0.4, 0.5) is 0 Å². The molecule has 0 aliphatic carbocycles. The molecular formula is C80H137NO8. The summed E-state index contributed by atoms with van der Waals surface area (Å²) in [7, 11) is 5.92. The van der Waals surface area contributed by atoms with E-state index in [1.54, 1.807) is 0 Å². The lowest BCUT2D eigenvalue weighted by Crippen LogP contribution is -2.44. The summed E-state index contributed by atoms with van der Waals surface area (Å²) in [6.45, 7) is 4.52. The predicted octanol–water partition coefficient (Wildman–Crippen LogP) is 21.8. The van der Waals surface area contributed by atoms with Crippen molar-refractivity contribution in [2.75, 3.05) is 47.5 Å². The molecule has 2 unspecified atom stereocenters. The van der Waals surface area contributed by atoms with Crippen LogP contribution in [0, 0.1) is 0 Å². The van der Waals surface area contributed by atoms with Crippen molar-refractivity contribution in [3.05, 3.63) is 122 Å². The summed E-state index contributed by atoms with van der Waals surface area (Å²) in [5.74, 6) is -2.30. The molecule has 0 aromatic heterocycles. The van der Waals surface area contributed by atoms with E-state index in [0.717, 1.165) is 122 Å². The average Bonchev–Trinajstić information content (AvgIpc) is 3.64. The number of ether oxygens (including phenoxy) is 4. The zero-order valence-corrected chi connectivity index (χ0v) is 58.3. The second-order valence-electron chi connectivity index (χ2n) is 25.5. The third kappa shape index (κ3) is 71.0. The fraction of sp³-hybridized carbons (Fsp3) is 0.713. The van der Waals surface area contributed by atoms with Crippen molar-refractivity contribution < 1.29 is 42.9 Å². The van der Waals surface area contributed by atoms with Gasteiger partial charge in [0.1, 0.15) is 13.2 Å². The monoisotopic (exact) mass is 1240 g/mol. The standard InChI is InChI=1S/C80H137NO8/c1-6-8-10-12-14-16-18-20-22-24-26-28-30-32-33-34-35-36-37-38-39-40-41-42-43-44-45-47-48-50-52-54-56-58-60-62-64-66-68-70-77(82)87-74-76(75-88-80(79(84)85)86-73-72-81(3,4)5)89-78(83)71-69-67-65-63-61-59-57-55-53-51-49-46-31-29-27-25-23-21-19-17-15-13-11-9-7-2/h8-11,14-17,20-23,26-29,46,49,53,55,76,80H,6-7,12-13,18-19,24-25,30-45,47-48,50-52,54,56-75H2,1-5H3/b10-8-,11-9-,16-14-,17-15-,22-20-,23-21-,28-26-,29-27-,49-46-,55-53-. The van der Waals surface area contributed by atoms with E-state index in [2.05, 4.69) is 135 Å². The summed E-state index contributed by atoms with van der Waals surface area (Å²) >= 11 is 0. The number of carbonyl (C=O) groups is 3. The lowest BCUT2D eigenvalue weighted by molar-refractivity contribution is -0.870. The van der Waals surface area contributed by atoms with Gasteiger partial charge in [0.25, 0.3) is 0 Å². The van der Waals surface area contributed by atoms with Gasteiger partial charge in [0.05, 0.1) is 40.3 Å². The Labute approximate surface area is 548 Å². The summed E-state index contributed by atoms with van der Waals surface area (Å²) in [5.41, 5.74) is 0. The first-order valence-corrected chi connectivity index (χ1v) is 36.7. The molecule has 0 rings (SSSR count). The maximum Gasteiger partial charge on any atom is 0.306 e. The maximum absolute atomic E-state index is 12.9. The van der Waals surface area contributed by atoms with Gasteiger partial charge in [-0.2, -0.15) is 0 Å². The number of aliphatic carboxylic acids is 1. The van der Waals surface area contributed by atoms with Gasteiger partial charge in [0.15, 0.2) is 12.4 Å². The molecule has 0 amide bonds. The third-order valence-electron chi connectivity index (χ3n) is 15.7. The summed E-state index contributed by atoms with van der Waals surface area (Å²) in [6.07, 6.45) is 95.9. The highest BCUT2D eigenvalue weighted by molar-refractivity contribution is 5.70. The van der Waals surface area contributed by atoms with Crippen molar-refractivity contribution in [2.24, 2.45) is 0 Å². The number of likely N-dealkylation sites (N-methyl/N-ethyl adjacent to an activating group) is 1. The number of carboxylic acids is 1. The average molecular weight is 1240 g/mol. The summed E-state index contributed by atoms with van der Waals surface area (Å²) < 4.78 is 22.8. The fourth-order valence-electron chi connectivity index (χ4n) is 10.2. The van der Waals surface area contributed by atoms with E-state index in [1.165, 1.54) is 154 Å². The quantitative estimate of drug-likeness (QED) is 0.0195. The normalized spacial score (nSPS) is 13.4. The Kier molecular flexibility index (Phi) is 66.2. The SMILES string of the molecule is CC/C=C\C/C=C\C/C=C\C/C=C\C/C=C\C/C=C\CCCCCCCCC(=O)OC(COC(=O)CCCCCCCCCCCCCCCCCCCCCCCCCCCC/C=C\C/C=C\C/C=C\C/C=C\CC)COC(OCC[N+](C)(C)C)C(=O)[O-]. The minimum atomic E-state index is -1.63. The molecule has 0 heterocycles. The van der Waals surface area contributed by atoms with Gasteiger partial charge in [-0.15, -0.1) is 0 Å². The summed E-state index contributed by atoms with van der Waals surface area (Å²) in [6, 6.07) is 0. The van der Waals surface area contributed by atoms with Gasteiger partial charge in [-0.3, -0.25) is 9.59 Å². The fourth-order valence-corrected chi connectivity index (χ4v) is 10.2. The van der Waals surface area contributed by atoms with Crippen LogP contribution in [-0.2, 0) is 33.3 Å². The van der Waals surface area contributed by atoms with E-state index in [-0.39, 0.29) is 38.6 Å². The van der Waals surface area contributed by atoms with Crippen molar-refractivity contribution in [2.45, 2.75) is 322 Å². The molecular weight excluding hydrogens is 1100 g/mol. The van der Waals surface area contributed by atoms with Crippen molar-refractivity contribution >= 4 is 17.9 Å². The number of rotatable bonds is 67. The number of esters is 2. The zero-order valence-electron chi connectivity index (χ0n) is 58.3. The third-order valence-corrected chi connectivity index (χ3v) is 15.7. The lowest BCUT2D eigenvalue weighted by Gasteiger charge is -2.26. The predicted molar refractivity (Wildman–Crippen MR) is 380 cm³/mol. The minimum Gasteiger partial charge on any atom is -0.545 e. The number of allylic oxidation sites excluding steroid dienone is 20. The topological polar surface area (TPSA) is 111 Å². The first-order chi connectivity index (χ1) is 43.6. The van der Waals surface area contributed by atoms with Gasteiger partial charge in [-0.05, 0) is 103 Å². The van der Waals surface area contributed by atoms with E-state index < -0.39 is 24.3 Å². The second kappa shape index (κ2) is 69.6. The van der Waals surface area contributed by atoms with E-state index in [4.69, 9.17) is 18.9 Å². The molecule has 0 aliphatic rings. The highest BCUT2D eigenvalue weighted by Gasteiger charge is 2.22. The highest BCUT2D eigenvalue weighted by Crippen LogP contribution is 2.18. The highest BCUT2D eigenvalue weighted by atomic mass is 16.7. The van der Waals surface area contributed by atoms with Gasteiger partial charge in [0.2, 0.25) is 0 Å². The van der Waals surface area contributed by atoms with E-state index in [9.17, 15) is 19.5 Å². The van der Waals surface area contributed by atoms with Gasteiger partial charge >= 0.3 is 11.9 Å². The molecule has 0 aromatic rings. The Morgan fingerprint density at radius 2 is 0.607 bits per heavy atom. The number of quaternary nitrogens is 1. The number of hydrogen-bond donors (Lipinski definition) is 0. The molecule has 9 nitrogen and oxygen atoms in total. The van der Waals surface area contributed by atoms with Crippen LogP contribution in [0.15, 0.2) is 122 Å². The van der Waals surface area contributed by atoms with Gasteiger partial charge < -0.3 is 33.3 Å². The van der Waals surface area contributed by atoms with E-state index >= 15 is 0 Å². The summed E-state index contributed by atoms with van der Waals surface area (Å²) in [4.78, 5) is 37.5. The number of nitrogens with zero attached hydrogens (tertiary/aromatic N) is 1. The van der Waals surface area contributed by atoms with Crippen LogP contribution < -0.4 is 5.11 Å². The molecule has 0 N–H and O–H groups in total. The Hall–Kier alpha value is -4.31. The van der Waals surface area contributed by atoms with Crippen LogP contribution in [0.1, 0.15) is 309 Å². The Bertz CT molecular complexity index is 1880. The molecule has 9 heteroatoms. The van der Waals surface area contributed by atoms with Crippen LogP contribution >= 0.6 is 0 Å². The molecule has 89 heavy (non-hydrogen) atoms. The Morgan fingerprint density at radius 3 is 0.899 bits per heavy atom. The number of unbranched alkanes of at least 4 members (excludes halogenated alkanes) is 32. The smallest absolute Gasteiger partial charge is 0.306 e. The number of carbonyl (C=O) groups excluding carboxylic acids is 3. The molecule has 0 bridgehead atoms. The molecule has 0 fully saturated rings. The van der Waals surface area contributed by atoms with Crippen LogP contribution in [0.5, 0.6) is 0 Å². The molecule has 0 saturated heterocycles. The molecule has 2 atom stereocenters. The van der Waals surface area contributed by atoms with Crippen LogP contribution in [0.3, 0.4) is 0 Å². The molecule has 0 aliphatic heterocycles. The van der Waals surface area contributed by atoms with Gasteiger partial charge in [0, 0.05) is 12.8 Å². The van der Waals surface area contributed by atoms with Gasteiger partial charge in [-0.1, -0.05) is 315 Å². The van der Waals surface area contributed by atoms with E-state index in [1.807, 2.05) is 21.1 Å². The van der Waals surface area contributed by atoms with E-state index in [0.29, 0.717) is 17.4 Å². The molecule has 0 aromatic carbocycles. The summed E-state index contributed by atoms with van der Waals surface area (Å²) in [5, 5.41) is 11.8. The Balaban J connectivity index is 4.04. The minimum absolute atomic E-state index is 0.141. The maximum atomic E-state index is 12.9. The van der Waals surface area contributed by atoms with Crippen LogP contribution in [-0.4, -0.2) is 82.3 Å². The largest absolute Gasteiger partial charge is 0.545 e. The second-order valence-corrected chi connectivity index (χ2v) is 25.5. The molecule has 510 valence electrons. The molecule has 0 spiro atoms. The Morgan fingerprint density at radius 1 is 0.337 bits per heavy atom. The lowest BCUT2D eigenvalue weighted by atomic mass is 10.0. The first kappa shape index (κ1) is 84.7. The van der Waals surface area contributed by atoms with Crippen molar-refractivity contribution in [3.8, 4) is 0 Å².